The van der Waals surface area contributed by atoms with E-state index in [1.165, 1.54) is 5.56 Å². The molecule has 1 N–H and O–H groups in total. The first-order valence-corrected chi connectivity index (χ1v) is 14.7. The number of hydrogen-bond acceptors (Lipinski definition) is 3. The normalized spacial score (nSPS) is 18.8. The maximum atomic E-state index is 14.0. The lowest BCUT2D eigenvalue weighted by molar-refractivity contribution is -0.122. The van der Waals surface area contributed by atoms with Gasteiger partial charge in [0.15, 0.2) is 0 Å². The molecule has 4 aromatic rings. The fourth-order valence-corrected chi connectivity index (χ4v) is 6.99. The highest BCUT2D eigenvalue weighted by Crippen LogP contribution is 2.32. The van der Waals surface area contributed by atoms with E-state index in [1.807, 2.05) is 29.2 Å². The fourth-order valence-electron chi connectivity index (χ4n) is 6.99. The summed E-state index contributed by atoms with van der Waals surface area (Å²) in [5, 5.41) is 7.51. The molecule has 0 aromatic heterocycles. The number of hydrogen-bond donors (Lipinski definition) is 1. The third kappa shape index (κ3) is 5.11. The van der Waals surface area contributed by atoms with Crippen molar-refractivity contribution in [3.8, 4) is 0 Å². The van der Waals surface area contributed by atoms with Crippen LogP contribution >= 0.6 is 0 Å². The summed E-state index contributed by atoms with van der Waals surface area (Å²) in [6.45, 7) is 9.54. The van der Waals surface area contributed by atoms with E-state index in [0.717, 1.165) is 95.8 Å². The molecule has 0 spiro atoms. The lowest BCUT2D eigenvalue weighted by atomic mass is 9.92. The van der Waals surface area contributed by atoms with Gasteiger partial charge in [-0.25, -0.2) is 0 Å². The van der Waals surface area contributed by atoms with Crippen molar-refractivity contribution in [1.82, 2.24) is 9.80 Å². The third-order valence-electron chi connectivity index (χ3n) is 9.00. The van der Waals surface area contributed by atoms with Crippen molar-refractivity contribution in [1.29, 1.82) is 0 Å². The Bertz CT molecular complexity index is 1510. The van der Waals surface area contributed by atoms with Crippen molar-refractivity contribution in [2.45, 2.75) is 52.5 Å². The molecule has 4 aromatic carbocycles. The molecule has 1 atom stereocenters. The van der Waals surface area contributed by atoms with Crippen molar-refractivity contribution in [3.63, 3.8) is 0 Å². The molecule has 0 radical (unpaired) electrons. The van der Waals surface area contributed by atoms with Crippen LogP contribution in [-0.4, -0.2) is 53.8 Å². The zero-order chi connectivity index (χ0) is 27.8. The summed E-state index contributed by atoms with van der Waals surface area (Å²) in [4.78, 5) is 31.8. The Kier molecular flexibility index (Phi) is 7.33. The van der Waals surface area contributed by atoms with Gasteiger partial charge >= 0.3 is 0 Å². The number of carbonyl (C=O) groups is 2. The molecule has 2 amide bonds. The number of anilines is 1. The molecule has 0 aliphatic carbocycles. The minimum absolute atomic E-state index is 0.00411. The maximum Gasteiger partial charge on any atom is 0.255 e. The Hall–Kier alpha value is -3.70. The van der Waals surface area contributed by atoms with E-state index in [9.17, 15) is 9.59 Å². The Morgan fingerprint density at radius 2 is 1.38 bits per heavy atom. The quantitative estimate of drug-likeness (QED) is 0.291. The molecule has 1 unspecified atom stereocenters. The number of fused-ring (bicyclic) bond motifs is 2. The highest BCUT2D eigenvalue weighted by Gasteiger charge is 2.33. The Morgan fingerprint density at radius 1 is 0.775 bits per heavy atom. The number of benzene rings is 4. The van der Waals surface area contributed by atoms with Gasteiger partial charge in [0, 0.05) is 31.4 Å². The zero-order valence-electron chi connectivity index (χ0n) is 23.9. The standard InChI is InChI=1S/C35H39N3O2/c1-23-19-24(2)33(25(3)20-23)36-34(39)28-11-8-16-38(22-28)29-14-17-37(18-15-29)35(40)32-30-12-6-4-9-26(30)21-27-10-5-7-13-31(27)32/h4-7,9-10,12-13,19-21,28-29H,8,11,14-18,22H2,1-3H3,(H,36,39). The average molecular weight is 534 g/mol. The second-order valence-electron chi connectivity index (χ2n) is 11.8. The largest absolute Gasteiger partial charge is 0.338 e. The fraction of sp³-hybridized carbons (Fsp3) is 0.371. The summed E-state index contributed by atoms with van der Waals surface area (Å²) in [7, 11) is 0. The number of nitrogens with one attached hydrogen (secondary N) is 1. The van der Waals surface area contributed by atoms with Crippen LogP contribution in [-0.2, 0) is 4.79 Å². The van der Waals surface area contributed by atoms with Gasteiger partial charge in [-0.2, -0.15) is 0 Å². The van der Waals surface area contributed by atoms with Crippen LogP contribution in [0.2, 0.25) is 0 Å². The third-order valence-corrected chi connectivity index (χ3v) is 9.00. The first-order chi connectivity index (χ1) is 19.4. The average Bonchev–Trinajstić information content (AvgIpc) is 2.97. The summed E-state index contributed by atoms with van der Waals surface area (Å²) >= 11 is 0. The van der Waals surface area contributed by atoms with Gasteiger partial charge in [0.1, 0.15) is 0 Å². The predicted molar refractivity (Wildman–Crippen MR) is 164 cm³/mol. The smallest absolute Gasteiger partial charge is 0.255 e. The van der Waals surface area contributed by atoms with Crippen LogP contribution in [0.4, 0.5) is 5.69 Å². The van der Waals surface area contributed by atoms with E-state index in [4.69, 9.17) is 0 Å². The van der Waals surface area contributed by atoms with E-state index in [0.29, 0.717) is 6.04 Å². The molecule has 2 aliphatic heterocycles. The van der Waals surface area contributed by atoms with Gasteiger partial charge in [-0.15, -0.1) is 0 Å². The number of amides is 2. The number of likely N-dealkylation sites (tertiary alicyclic amines) is 2. The second kappa shape index (κ2) is 11.1. The molecule has 40 heavy (non-hydrogen) atoms. The summed E-state index contributed by atoms with van der Waals surface area (Å²) in [5.41, 5.74) is 5.24. The molecule has 0 bridgehead atoms. The molecular weight excluding hydrogens is 494 g/mol. The molecular formula is C35H39N3O2. The first-order valence-electron chi connectivity index (χ1n) is 14.7. The van der Waals surface area contributed by atoms with E-state index >= 15 is 0 Å². The minimum atomic E-state index is -0.00411. The van der Waals surface area contributed by atoms with Crippen LogP contribution in [0.25, 0.3) is 21.5 Å². The van der Waals surface area contributed by atoms with Crippen LogP contribution < -0.4 is 5.32 Å². The van der Waals surface area contributed by atoms with Gasteiger partial charge < -0.3 is 10.2 Å². The number of nitrogens with zero attached hydrogens (tertiary/aromatic N) is 2. The molecule has 0 saturated carbocycles. The number of piperidine rings is 2. The van der Waals surface area contributed by atoms with E-state index in [1.54, 1.807) is 0 Å². The summed E-state index contributed by atoms with van der Waals surface area (Å²) < 4.78 is 0. The lowest BCUT2D eigenvalue weighted by Gasteiger charge is -2.42. The molecule has 5 heteroatoms. The minimum Gasteiger partial charge on any atom is -0.338 e. The van der Waals surface area contributed by atoms with E-state index in [-0.39, 0.29) is 17.7 Å². The van der Waals surface area contributed by atoms with Gasteiger partial charge in [0.05, 0.1) is 11.5 Å². The summed E-state index contributed by atoms with van der Waals surface area (Å²) in [6, 6.07) is 23.3. The van der Waals surface area contributed by atoms with Crippen molar-refractivity contribution >= 4 is 39.0 Å². The number of carbonyl (C=O) groups excluding carboxylic acids is 2. The molecule has 206 valence electrons. The van der Waals surface area contributed by atoms with Crippen molar-refractivity contribution in [3.05, 3.63) is 89.0 Å². The van der Waals surface area contributed by atoms with Crippen LogP contribution in [0.15, 0.2) is 66.7 Å². The number of rotatable bonds is 4. The maximum absolute atomic E-state index is 14.0. The van der Waals surface area contributed by atoms with Gasteiger partial charge in [-0.05, 0) is 91.7 Å². The van der Waals surface area contributed by atoms with E-state index < -0.39 is 0 Å². The lowest BCUT2D eigenvalue weighted by Crippen LogP contribution is -2.51. The number of aryl methyl sites for hydroxylation is 3. The Balaban J connectivity index is 1.13. The highest BCUT2D eigenvalue weighted by atomic mass is 16.2. The molecule has 2 saturated heterocycles. The molecule has 5 nitrogen and oxygen atoms in total. The molecule has 6 rings (SSSR count). The van der Waals surface area contributed by atoms with Gasteiger partial charge in [0.2, 0.25) is 5.91 Å². The van der Waals surface area contributed by atoms with Crippen LogP contribution in [0, 0.1) is 26.7 Å². The molecule has 2 fully saturated rings. The predicted octanol–water partition coefficient (Wildman–Crippen LogP) is 6.87. The van der Waals surface area contributed by atoms with Crippen molar-refractivity contribution in [2.24, 2.45) is 5.92 Å². The van der Waals surface area contributed by atoms with Crippen molar-refractivity contribution < 1.29 is 9.59 Å². The first kappa shape index (κ1) is 26.5. The molecule has 2 aliphatic rings. The van der Waals surface area contributed by atoms with Crippen LogP contribution in [0.3, 0.4) is 0 Å². The van der Waals surface area contributed by atoms with Crippen LogP contribution in [0.5, 0.6) is 0 Å². The van der Waals surface area contributed by atoms with Gasteiger partial charge in [-0.1, -0.05) is 66.2 Å². The monoisotopic (exact) mass is 533 g/mol. The van der Waals surface area contributed by atoms with Gasteiger partial charge in [0.25, 0.3) is 5.91 Å². The van der Waals surface area contributed by atoms with Crippen LogP contribution in [0.1, 0.15) is 52.7 Å². The zero-order valence-corrected chi connectivity index (χ0v) is 23.9. The highest BCUT2D eigenvalue weighted by molar-refractivity contribution is 6.18. The van der Waals surface area contributed by atoms with E-state index in [2.05, 4.69) is 73.5 Å². The Morgan fingerprint density at radius 3 is 2.00 bits per heavy atom. The van der Waals surface area contributed by atoms with Crippen molar-refractivity contribution in [2.75, 3.05) is 31.5 Å². The second-order valence-corrected chi connectivity index (χ2v) is 11.8. The Labute approximate surface area is 237 Å². The SMILES string of the molecule is Cc1cc(C)c(NC(=O)C2CCCN(C3CCN(C(=O)c4c5ccccc5cc5ccccc45)CC3)C2)c(C)c1. The van der Waals surface area contributed by atoms with Gasteiger partial charge in [-0.3, -0.25) is 14.5 Å². The molecule has 2 heterocycles. The topological polar surface area (TPSA) is 52.7 Å². The summed E-state index contributed by atoms with van der Waals surface area (Å²) in [6.07, 6.45) is 3.85. The summed E-state index contributed by atoms with van der Waals surface area (Å²) in [5.74, 6) is 0.261.